The standard InChI is InChI=1S/C21H22N2O4S/c1-16-9-11-20(12-10-16)28(25,26)23-18-6-2-5-17(15-18)21(24)22-13-3-7-19-8-4-14-27-19/h2,4-6,8-12,14-15,23H,3,7,13H2,1H3,(H,22,24). The van der Waals surface area contributed by atoms with Crippen molar-refractivity contribution in [2.45, 2.75) is 24.7 Å². The average Bonchev–Trinajstić information content (AvgIpc) is 3.19. The first-order valence-corrected chi connectivity index (χ1v) is 10.4. The van der Waals surface area contributed by atoms with Crippen LogP contribution >= 0.6 is 0 Å². The van der Waals surface area contributed by atoms with E-state index in [-0.39, 0.29) is 10.8 Å². The van der Waals surface area contributed by atoms with Crippen molar-refractivity contribution >= 4 is 21.6 Å². The highest BCUT2D eigenvalue weighted by Gasteiger charge is 2.15. The third-order valence-corrected chi connectivity index (χ3v) is 5.57. The lowest BCUT2D eigenvalue weighted by molar-refractivity contribution is 0.0953. The number of nitrogens with one attached hydrogen (secondary N) is 2. The zero-order valence-corrected chi connectivity index (χ0v) is 16.3. The van der Waals surface area contributed by atoms with Gasteiger partial charge >= 0.3 is 0 Å². The number of rotatable bonds is 8. The maximum atomic E-state index is 12.5. The SMILES string of the molecule is Cc1ccc(S(=O)(=O)Nc2cccc(C(=O)NCCCc3ccco3)c2)cc1. The number of sulfonamides is 1. The predicted molar refractivity (Wildman–Crippen MR) is 108 cm³/mol. The quantitative estimate of drug-likeness (QED) is 0.566. The molecule has 3 aromatic rings. The van der Waals surface area contributed by atoms with E-state index in [9.17, 15) is 13.2 Å². The molecule has 1 aromatic heterocycles. The van der Waals surface area contributed by atoms with E-state index < -0.39 is 10.0 Å². The first kappa shape index (κ1) is 19.7. The first-order valence-electron chi connectivity index (χ1n) is 8.94. The number of hydrogen-bond acceptors (Lipinski definition) is 4. The van der Waals surface area contributed by atoms with Gasteiger partial charge in [-0.2, -0.15) is 0 Å². The lowest BCUT2D eigenvalue weighted by Gasteiger charge is -2.10. The fourth-order valence-corrected chi connectivity index (χ4v) is 3.73. The zero-order valence-electron chi connectivity index (χ0n) is 15.5. The van der Waals surface area contributed by atoms with Crippen LogP contribution < -0.4 is 10.0 Å². The molecule has 3 rings (SSSR count). The lowest BCUT2D eigenvalue weighted by atomic mass is 10.2. The number of carbonyl (C=O) groups is 1. The van der Waals surface area contributed by atoms with Crippen molar-refractivity contribution in [2.24, 2.45) is 0 Å². The van der Waals surface area contributed by atoms with E-state index in [0.29, 0.717) is 17.8 Å². The number of benzene rings is 2. The molecule has 28 heavy (non-hydrogen) atoms. The third-order valence-electron chi connectivity index (χ3n) is 4.17. The van der Waals surface area contributed by atoms with Gasteiger partial charge in [-0.3, -0.25) is 9.52 Å². The largest absolute Gasteiger partial charge is 0.469 e. The summed E-state index contributed by atoms with van der Waals surface area (Å²) in [6.07, 6.45) is 3.11. The van der Waals surface area contributed by atoms with Crippen LogP contribution in [0, 0.1) is 6.92 Å². The van der Waals surface area contributed by atoms with Crippen LogP contribution in [-0.2, 0) is 16.4 Å². The van der Waals surface area contributed by atoms with Gasteiger partial charge in [-0.1, -0.05) is 23.8 Å². The molecule has 7 heteroatoms. The van der Waals surface area contributed by atoms with Crippen molar-refractivity contribution in [3.63, 3.8) is 0 Å². The van der Waals surface area contributed by atoms with Gasteiger partial charge in [-0.15, -0.1) is 0 Å². The van der Waals surface area contributed by atoms with Crippen molar-refractivity contribution in [1.82, 2.24) is 5.32 Å². The molecule has 0 aliphatic heterocycles. The molecule has 0 atom stereocenters. The Bertz CT molecular complexity index is 1030. The molecule has 0 bridgehead atoms. The van der Waals surface area contributed by atoms with Gasteiger partial charge in [-0.25, -0.2) is 8.42 Å². The molecule has 0 saturated heterocycles. The maximum Gasteiger partial charge on any atom is 0.261 e. The molecular formula is C21H22N2O4S. The van der Waals surface area contributed by atoms with Crippen molar-refractivity contribution in [3.05, 3.63) is 83.8 Å². The Labute approximate surface area is 164 Å². The van der Waals surface area contributed by atoms with E-state index in [1.165, 1.54) is 6.07 Å². The molecule has 0 spiro atoms. The van der Waals surface area contributed by atoms with E-state index >= 15 is 0 Å². The predicted octanol–water partition coefficient (Wildman–Crippen LogP) is 3.75. The minimum atomic E-state index is -3.71. The molecule has 0 radical (unpaired) electrons. The number of amides is 1. The van der Waals surface area contributed by atoms with Gasteiger partial charge in [0.15, 0.2) is 0 Å². The van der Waals surface area contributed by atoms with Gasteiger partial charge in [0.25, 0.3) is 15.9 Å². The summed E-state index contributed by atoms with van der Waals surface area (Å²) in [4.78, 5) is 12.5. The van der Waals surface area contributed by atoms with E-state index in [1.54, 1.807) is 48.7 Å². The minimum absolute atomic E-state index is 0.172. The van der Waals surface area contributed by atoms with Crippen LogP contribution in [0.3, 0.4) is 0 Å². The Morgan fingerprint density at radius 2 is 1.82 bits per heavy atom. The summed E-state index contributed by atoms with van der Waals surface area (Å²) in [5.41, 5.74) is 1.70. The van der Waals surface area contributed by atoms with Crippen LogP contribution in [0.25, 0.3) is 0 Å². The highest BCUT2D eigenvalue weighted by atomic mass is 32.2. The zero-order chi connectivity index (χ0) is 20.0. The summed E-state index contributed by atoms with van der Waals surface area (Å²) in [5.74, 6) is 0.623. The average molecular weight is 398 g/mol. The van der Waals surface area contributed by atoms with Gasteiger partial charge in [0, 0.05) is 24.2 Å². The molecule has 2 N–H and O–H groups in total. The molecule has 1 amide bonds. The Balaban J connectivity index is 1.59. The van der Waals surface area contributed by atoms with Crippen LogP contribution in [0.4, 0.5) is 5.69 Å². The topological polar surface area (TPSA) is 88.4 Å². The van der Waals surface area contributed by atoms with Crippen molar-refractivity contribution in [3.8, 4) is 0 Å². The lowest BCUT2D eigenvalue weighted by Crippen LogP contribution is -2.25. The molecule has 0 saturated carbocycles. The summed E-state index contributed by atoms with van der Waals surface area (Å²) < 4.78 is 32.8. The van der Waals surface area contributed by atoms with Gasteiger partial charge in [-0.05, 0) is 55.8 Å². The smallest absolute Gasteiger partial charge is 0.261 e. The number of carbonyl (C=O) groups excluding carboxylic acids is 1. The third kappa shape index (κ3) is 5.23. The second-order valence-electron chi connectivity index (χ2n) is 6.44. The Morgan fingerprint density at radius 3 is 2.54 bits per heavy atom. The summed E-state index contributed by atoms with van der Waals surface area (Å²) >= 11 is 0. The normalized spacial score (nSPS) is 11.2. The molecule has 0 aliphatic rings. The first-order chi connectivity index (χ1) is 13.4. The molecule has 2 aromatic carbocycles. The van der Waals surface area contributed by atoms with E-state index in [4.69, 9.17) is 4.42 Å². The van der Waals surface area contributed by atoms with Crippen LogP contribution in [-0.4, -0.2) is 20.9 Å². The van der Waals surface area contributed by atoms with Gasteiger partial charge in [0.05, 0.1) is 11.2 Å². The highest BCUT2D eigenvalue weighted by molar-refractivity contribution is 7.92. The number of furan rings is 1. The van der Waals surface area contributed by atoms with E-state index in [1.807, 2.05) is 19.1 Å². The molecule has 6 nitrogen and oxygen atoms in total. The van der Waals surface area contributed by atoms with Gasteiger partial charge in [0.2, 0.25) is 0 Å². The number of anilines is 1. The summed E-state index contributed by atoms with van der Waals surface area (Å²) in [5, 5.41) is 2.83. The van der Waals surface area contributed by atoms with E-state index in [0.717, 1.165) is 24.2 Å². The van der Waals surface area contributed by atoms with Gasteiger partial charge in [0.1, 0.15) is 5.76 Å². The Kier molecular flexibility index (Phi) is 6.16. The van der Waals surface area contributed by atoms with Crippen molar-refractivity contribution in [2.75, 3.05) is 11.3 Å². The Morgan fingerprint density at radius 1 is 1.04 bits per heavy atom. The molecular weight excluding hydrogens is 376 g/mol. The summed E-state index contributed by atoms with van der Waals surface area (Å²) in [6, 6.07) is 16.7. The highest BCUT2D eigenvalue weighted by Crippen LogP contribution is 2.18. The van der Waals surface area contributed by atoms with Crippen LogP contribution in [0.15, 0.2) is 76.2 Å². The fourth-order valence-electron chi connectivity index (χ4n) is 2.68. The van der Waals surface area contributed by atoms with Crippen LogP contribution in [0.5, 0.6) is 0 Å². The monoisotopic (exact) mass is 398 g/mol. The van der Waals surface area contributed by atoms with E-state index in [2.05, 4.69) is 10.0 Å². The molecule has 0 aliphatic carbocycles. The molecule has 1 heterocycles. The van der Waals surface area contributed by atoms with Crippen molar-refractivity contribution < 1.29 is 17.6 Å². The molecule has 0 fully saturated rings. The van der Waals surface area contributed by atoms with Crippen LogP contribution in [0.1, 0.15) is 28.1 Å². The summed E-state index contributed by atoms with van der Waals surface area (Å²) in [7, 11) is -3.71. The van der Waals surface area contributed by atoms with Gasteiger partial charge < -0.3 is 9.73 Å². The fraction of sp³-hybridized carbons (Fsp3) is 0.190. The molecule has 146 valence electrons. The second kappa shape index (κ2) is 8.75. The number of hydrogen-bond donors (Lipinski definition) is 2. The second-order valence-corrected chi connectivity index (χ2v) is 8.12. The number of aryl methyl sites for hydroxylation is 2. The Hall–Kier alpha value is -3.06. The van der Waals surface area contributed by atoms with Crippen LogP contribution in [0.2, 0.25) is 0 Å². The molecule has 0 unspecified atom stereocenters. The maximum absolute atomic E-state index is 12.5. The minimum Gasteiger partial charge on any atom is -0.469 e. The van der Waals surface area contributed by atoms with Crippen molar-refractivity contribution in [1.29, 1.82) is 0 Å². The summed E-state index contributed by atoms with van der Waals surface area (Å²) in [6.45, 7) is 2.39.